The summed E-state index contributed by atoms with van der Waals surface area (Å²) >= 11 is 1.50. The monoisotopic (exact) mass is 381 g/mol. The number of piperidine rings is 1. The third-order valence-electron chi connectivity index (χ3n) is 4.84. The molecule has 140 valence electrons. The van der Waals surface area contributed by atoms with Crippen LogP contribution in [0.4, 0.5) is 5.69 Å². The molecule has 4 heterocycles. The number of hydrogen-bond acceptors (Lipinski definition) is 5. The molecule has 0 saturated carbocycles. The molecule has 1 saturated heterocycles. The summed E-state index contributed by atoms with van der Waals surface area (Å²) in [6, 6.07) is 10.0. The number of pyridine rings is 2. The molecule has 0 aliphatic carbocycles. The van der Waals surface area contributed by atoms with E-state index in [1.807, 2.05) is 41.4 Å². The highest BCUT2D eigenvalue weighted by atomic mass is 32.2. The van der Waals surface area contributed by atoms with Gasteiger partial charge in [-0.1, -0.05) is 6.07 Å². The maximum atomic E-state index is 11.9. The zero-order chi connectivity index (χ0) is 18.6. The second-order valence-electron chi connectivity index (χ2n) is 6.78. The molecule has 0 radical (unpaired) electrons. The summed E-state index contributed by atoms with van der Waals surface area (Å²) in [6.45, 7) is 2.08. The standard InChI is InChI=1S/C20H23N5OS/c1-27-13-20(26)23-15-7-9-25-19(10-15)16(12-22-25)18-6-2-5-17(24-18)14-4-3-8-21-11-14/h2,5-7,9-10,12,14,21H,3-4,8,11,13H2,1H3,(H,23,26). The van der Waals surface area contributed by atoms with E-state index in [-0.39, 0.29) is 5.91 Å². The van der Waals surface area contributed by atoms with Crippen molar-refractivity contribution >= 4 is 28.9 Å². The minimum Gasteiger partial charge on any atom is -0.325 e. The quantitative estimate of drug-likeness (QED) is 0.710. The van der Waals surface area contributed by atoms with Gasteiger partial charge in [-0.3, -0.25) is 9.78 Å². The van der Waals surface area contributed by atoms with Crippen molar-refractivity contribution in [2.75, 3.05) is 30.4 Å². The van der Waals surface area contributed by atoms with Gasteiger partial charge in [0.1, 0.15) is 0 Å². The Labute approximate surface area is 162 Å². The number of rotatable bonds is 5. The first-order chi connectivity index (χ1) is 13.2. The van der Waals surface area contributed by atoms with Gasteiger partial charge in [-0.2, -0.15) is 16.9 Å². The van der Waals surface area contributed by atoms with Crippen LogP contribution in [0.25, 0.3) is 16.8 Å². The van der Waals surface area contributed by atoms with Crippen LogP contribution in [-0.2, 0) is 4.79 Å². The van der Waals surface area contributed by atoms with Gasteiger partial charge >= 0.3 is 0 Å². The predicted molar refractivity (Wildman–Crippen MR) is 110 cm³/mol. The predicted octanol–water partition coefficient (Wildman–Crippen LogP) is 3.16. The van der Waals surface area contributed by atoms with Gasteiger partial charge in [0, 0.05) is 35.6 Å². The minimum absolute atomic E-state index is 0.00200. The van der Waals surface area contributed by atoms with Crippen molar-refractivity contribution < 1.29 is 4.79 Å². The molecule has 1 aliphatic rings. The number of hydrogen-bond donors (Lipinski definition) is 2. The number of amides is 1. The molecule has 1 unspecified atom stereocenters. The van der Waals surface area contributed by atoms with Gasteiger partial charge in [-0.05, 0) is 49.9 Å². The minimum atomic E-state index is -0.00200. The van der Waals surface area contributed by atoms with Gasteiger partial charge in [0.15, 0.2) is 0 Å². The molecule has 1 atom stereocenters. The van der Waals surface area contributed by atoms with Crippen molar-refractivity contribution in [1.29, 1.82) is 0 Å². The molecule has 3 aromatic heterocycles. The Kier molecular flexibility index (Phi) is 5.40. The normalized spacial score (nSPS) is 17.1. The van der Waals surface area contributed by atoms with E-state index in [1.165, 1.54) is 24.6 Å². The van der Waals surface area contributed by atoms with E-state index in [0.717, 1.165) is 41.2 Å². The van der Waals surface area contributed by atoms with E-state index in [4.69, 9.17) is 4.98 Å². The molecule has 2 N–H and O–H groups in total. The van der Waals surface area contributed by atoms with Gasteiger partial charge in [0.25, 0.3) is 0 Å². The van der Waals surface area contributed by atoms with Crippen LogP contribution in [-0.4, -0.2) is 45.6 Å². The fourth-order valence-electron chi connectivity index (χ4n) is 3.52. The fourth-order valence-corrected chi connectivity index (χ4v) is 3.85. The lowest BCUT2D eigenvalue weighted by Gasteiger charge is -2.22. The molecule has 0 bridgehead atoms. The van der Waals surface area contributed by atoms with E-state index in [0.29, 0.717) is 11.7 Å². The van der Waals surface area contributed by atoms with Crippen LogP contribution in [0.2, 0.25) is 0 Å². The van der Waals surface area contributed by atoms with Crippen LogP contribution in [0.3, 0.4) is 0 Å². The second kappa shape index (κ2) is 8.10. The number of nitrogens with zero attached hydrogens (tertiary/aromatic N) is 3. The Morgan fingerprint density at radius 1 is 1.41 bits per heavy atom. The lowest BCUT2D eigenvalue weighted by atomic mass is 9.95. The van der Waals surface area contributed by atoms with Crippen LogP contribution in [0.15, 0.2) is 42.7 Å². The Morgan fingerprint density at radius 2 is 2.33 bits per heavy atom. The average molecular weight is 382 g/mol. The first-order valence-electron chi connectivity index (χ1n) is 9.19. The lowest BCUT2D eigenvalue weighted by molar-refractivity contribution is -0.113. The van der Waals surface area contributed by atoms with E-state index in [2.05, 4.69) is 27.9 Å². The lowest BCUT2D eigenvalue weighted by Crippen LogP contribution is -2.28. The summed E-state index contributed by atoms with van der Waals surface area (Å²) in [5.74, 6) is 0.899. The van der Waals surface area contributed by atoms with Crippen molar-refractivity contribution in [3.63, 3.8) is 0 Å². The van der Waals surface area contributed by atoms with Crippen LogP contribution in [0.1, 0.15) is 24.5 Å². The van der Waals surface area contributed by atoms with Crippen LogP contribution < -0.4 is 10.6 Å². The molecule has 6 nitrogen and oxygen atoms in total. The van der Waals surface area contributed by atoms with Crippen molar-refractivity contribution in [3.8, 4) is 11.3 Å². The number of carbonyl (C=O) groups excluding carboxylic acids is 1. The first-order valence-corrected chi connectivity index (χ1v) is 10.6. The molecule has 3 aromatic rings. The Bertz CT molecular complexity index is 948. The maximum Gasteiger partial charge on any atom is 0.234 e. The largest absolute Gasteiger partial charge is 0.325 e. The SMILES string of the molecule is CSCC(=O)Nc1ccn2ncc(-c3cccc(C4CCCNC4)n3)c2c1. The summed E-state index contributed by atoms with van der Waals surface area (Å²) in [7, 11) is 0. The number of nitrogens with one attached hydrogen (secondary N) is 2. The van der Waals surface area contributed by atoms with Crippen LogP contribution >= 0.6 is 11.8 Å². The third-order valence-corrected chi connectivity index (χ3v) is 5.39. The van der Waals surface area contributed by atoms with Gasteiger partial charge in [-0.15, -0.1) is 0 Å². The smallest absolute Gasteiger partial charge is 0.234 e. The zero-order valence-electron chi connectivity index (χ0n) is 15.3. The Balaban J connectivity index is 1.66. The van der Waals surface area contributed by atoms with E-state index in [1.54, 1.807) is 0 Å². The average Bonchev–Trinajstić information content (AvgIpc) is 3.12. The first kappa shape index (κ1) is 18.0. The van der Waals surface area contributed by atoms with Gasteiger partial charge in [0.05, 0.1) is 23.2 Å². The molecular weight excluding hydrogens is 358 g/mol. The Hall–Kier alpha value is -2.38. The number of anilines is 1. The van der Waals surface area contributed by atoms with E-state index >= 15 is 0 Å². The topological polar surface area (TPSA) is 71.3 Å². The van der Waals surface area contributed by atoms with Gasteiger partial charge in [0.2, 0.25) is 5.91 Å². The summed E-state index contributed by atoms with van der Waals surface area (Å²) < 4.78 is 1.82. The summed E-state index contributed by atoms with van der Waals surface area (Å²) in [5.41, 5.74) is 4.73. The molecule has 0 spiro atoms. The highest BCUT2D eigenvalue weighted by Gasteiger charge is 2.18. The van der Waals surface area contributed by atoms with E-state index < -0.39 is 0 Å². The molecular formula is C20H23N5OS. The highest BCUT2D eigenvalue weighted by molar-refractivity contribution is 7.99. The summed E-state index contributed by atoms with van der Waals surface area (Å²) in [4.78, 5) is 16.8. The number of fused-ring (bicyclic) bond motifs is 1. The number of carbonyl (C=O) groups is 1. The highest BCUT2D eigenvalue weighted by Crippen LogP contribution is 2.28. The number of thioether (sulfide) groups is 1. The molecule has 27 heavy (non-hydrogen) atoms. The fraction of sp³-hybridized carbons (Fsp3) is 0.350. The van der Waals surface area contributed by atoms with Crippen LogP contribution in [0, 0.1) is 0 Å². The van der Waals surface area contributed by atoms with Gasteiger partial charge in [-0.25, -0.2) is 4.52 Å². The summed E-state index contributed by atoms with van der Waals surface area (Å²) in [6.07, 6.45) is 7.98. The third kappa shape index (κ3) is 3.99. The second-order valence-corrected chi connectivity index (χ2v) is 7.64. The van der Waals surface area contributed by atoms with Crippen LogP contribution in [0.5, 0.6) is 0 Å². The molecule has 1 fully saturated rings. The molecule has 4 rings (SSSR count). The molecule has 1 aliphatic heterocycles. The molecule has 1 amide bonds. The number of aromatic nitrogens is 3. The zero-order valence-corrected chi connectivity index (χ0v) is 16.1. The summed E-state index contributed by atoms with van der Waals surface area (Å²) in [5, 5.41) is 10.8. The van der Waals surface area contributed by atoms with Crippen molar-refractivity contribution in [2.45, 2.75) is 18.8 Å². The van der Waals surface area contributed by atoms with Crippen molar-refractivity contribution in [3.05, 3.63) is 48.4 Å². The molecule has 0 aromatic carbocycles. The Morgan fingerprint density at radius 3 is 3.15 bits per heavy atom. The maximum absolute atomic E-state index is 11.9. The van der Waals surface area contributed by atoms with E-state index in [9.17, 15) is 4.79 Å². The molecule has 7 heteroatoms. The van der Waals surface area contributed by atoms with Crippen molar-refractivity contribution in [2.24, 2.45) is 0 Å². The van der Waals surface area contributed by atoms with Gasteiger partial charge < -0.3 is 10.6 Å². The van der Waals surface area contributed by atoms with Crippen molar-refractivity contribution in [1.82, 2.24) is 19.9 Å².